The minimum absolute atomic E-state index is 0.0568. The van der Waals surface area contributed by atoms with Crippen molar-refractivity contribution in [2.45, 2.75) is 32.7 Å². The molecule has 0 amide bonds. The number of rotatable bonds is 4. The van der Waals surface area contributed by atoms with Crippen LogP contribution >= 0.6 is 0 Å². The van der Waals surface area contributed by atoms with Crippen LogP contribution in [0, 0.1) is 5.92 Å². The fourth-order valence-corrected chi connectivity index (χ4v) is 1.57. The molecule has 3 heteroatoms. The van der Waals surface area contributed by atoms with E-state index < -0.39 is 0 Å². The summed E-state index contributed by atoms with van der Waals surface area (Å²) in [5.74, 6) is 0.449. The Kier molecular flexibility index (Phi) is 4.39. The highest BCUT2D eigenvalue weighted by Gasteiger charge is 2.29. The molecule has 0 bridgehead atoms. The maximum atomic E-state index is 11.7. The summed E-state index contributed by atoms with van der Waals surface area (Å²) in [6.07, 6.45) is 1.95. The zero-order valence-corrected chi connectivity index (χ0v) is 8.51. The second-order valence-corrected chi connectivity index (χ2v) is 3.55. The van der Waals surface area contributed by atoms with Crippen molar-refractivity contribution < 1.29 is 9.53 Å². The molecule has 1 rings (SSSR count). The van der Waals surface area contributed by atoms with Crippen LogP contribution in [0.15, 0.2) is 0 Å². The molecule has 0 aromatic heterocycles. The van der Waals surface area contributed by atoms with E-state index in [0.29, 0.717) is 19.0 Å². The second kappa shape index (κ2) is 5.35. The Morgan fingerprint density at radius 1 is 1.46 bits per heavy atom. The van der Waals surface area contributed by atoms with E-state index in [1.54, 1.807) is 0 Å². The van der Waals surface area contributed by atoms with E-state index in [1.165, 1.54) is 0 Å². The zero-order valence-electron chi connectivity index (χ0n) is 8.51. The SMILES string of the molecule is CCCNC1COCC(CC)C1=O. The highest BCUT2D eigenvalue weighted by molar-refractivity contribution is 5.87. The predicted octanol–water partition coefficient (Wildman–Crippen LogP) is 0.980. The first kappa shape index (κ1) is 10.7. The molecule has 76 valence electrons. The van der Waals surface area contributed by atoms with Crippen LogP contribution in [0.1, 0.15) is 26.7 Å². The Labute approximate surface area is 79.8 Å². The summed E-state index contributed by atoms with van der Waals surface area (Å²) in [6.45, 7) is 6.19. The van der Waals surface area contributed by atoms with Crippen LogP contribution in [-0.2, 0) is 9.53 Å². The Balaban J connectivity index is 2.40. The van der Waals surface area contributed by atoms with Gasteiger partial charge in [0.2, 0.25) is 0 Å². The Morgan fingerprint density at radius 3 is 2.85 bits per heavy atom. The minimum Gasteiger partial charge on any atom is -0.379 e. The first-order valence-corrected chi connectivity index (χ1v) is 5.14. The number of ether oxygens (including phenoxy) is 1. The van der Waals surface area contributed by atoms with Crippen LogP contribution in [0.5, 0.6) is 0 Å². The van der Waals surface area contributed by atoms with Gasteiger partial charge in [0.1, 0.15) is 0 Å². The molecule has 1 saturated heterocycles. The molecule has 1 aliphatic rings. The highest BCUT2D eigenvalue weighted by atomic mass is 16.5. The van der Waals surface area contributed by atoms with Crippen LogP contribution in [0.3, 0.4) is 0 Å². The molecule has 1 heterocycles. The quantitative estimate of drug-likeness (QED) is 0.709. The number of carbonyl (C=O) groups excluding carboxylic acids is 1. The van der Waals surface area contributed by atoms with Crippen molar-refractivity contribution in [3.8, 4) is 0 Å². The average Bonchev–Trinajstić information content (AvgIpc) is 2.16. The lowest BCUT2D eigenvalue weighted by molar-refractivity contribution is -0.134. The fourth-order valence-electron chi connectivity index (χ4n) is 1.57. The van der Waals surface area contributed by atoms with Crippen molar-refractivity contribution >= 4 is 5.78 Å². The van der Waals surface area contributed by atoms with Crippen LogP contribution in [0.2, 0.25) is 0 Å². The number of nitrogens with one attached hydrogen (secondary N) is 1. The number of hydrogen-bond acceptors (Lipinski definition) is 3. The van der Waals surface area contributed by atoms with Gasteiger partial charge in [-0.15, -0.1) is 0 Å². The van der Waals surface area contributed by atoms with Crippen LogP contribution in [0.25, 0.3) is 0 Å². The molecule has 1 N–H and O–H groups in total. The van der Waals surface area contributed by atoms with Crippen LogP contribution in [-0.4, -0.2) is 31.6 Å². The standard InChI is InChI=1S/C10H19NO2/c1-3-5-11-9-7-13-6-8(4-2)10(9)12/h8-9,11H,3-7H2,1-2H3. The largest absolute Gasteiger partial charge is 0.379 e. The van der Waals surface area contributed by atoms with Crippen molar-refractivity contribution in [1.82, 2.24) is 5.32 Å². The maximum absolute atomic E-state index is 11.7. The summed E-state index contributed by atoms with van der Waals surface area (Å²) in [5.41, 5.74) is 0. The third-order valence-corrected chi connectivity index (χ3v) is 2.48. The van der Waals surface area contributed by atoms with Crippen molar-refractivity contribution in [3.05, 3.63) is 0 Å². The lowest BCUT2D eigenvalue weighted by Crippen LogP contribution is -2.48. The van der Waals surface area contributed by atoms with Crippen molar-refractivity contribution in [2.24, 2.45) is 5.92 Å². The minimum atomic E-state index is -0.0568. The topological polar surface area (TPSA) is 38.3 Å². The van der Waals surface area contributed by atoms with Gasteiger partial charge in [-0.2, -0.15) is 0 Å². The lowest BCUT2D eigenvalue weighted by atomic mass is 9.94. The number of hydrogen-bond donors (Lipinski definition) is 1. The molecular weight excluding hydrogens is 166 g/mol. The summed E-state index contributed by atoms with van der Waals surface area (Å²) < 4.78 is 5.37. The van der Waals surface area contributed by atoms with Crippen molar-refractivity contribution in [2.75, 3.05) is 19.8 Å². The molecule has 13 heavy (non-hydrogen) atoms. The molecular formula is C10H19NO2. The van der Waals surface area contributed by atoms with E-state index in [2.05, 4.69) is 12.2 Å². The molecule has 0 radical (unpaired) electrons. The van der Waals surface area contributed by atoms with E-state index in [0.717, 1.165) is 19.4 Å². The lowest BCUT2D eigenvalue weighted by Gasteiger charge is -2.27. The summed E-state index contributed by atoms with van der Waals surface area (Å²) >= 11 is 0. The summed E-state index contributed by atoms with van der Waals surface area (Å²) in [5, 5.41) is 3.21. The summed E-state index contributed by atoms with van der Waals surface area (Å²) in [6, 6.07) is -0.0568. The van der Waals surface area contributed by atoms with E-state index in [4.69, 9.17) is 4.74 Å². The van der Waals surface area contributed by atoms with Crippen molar-refractivity contribution in [3.63, 3.8) is 0 Å². The van der Waals surface area contributed by atoms with Gasteiger partial charge in [-0.3, -0.25) is 4.79 Å². The van der Waals surface area contributed by atoms with E-state index in [9.17, 15) is 4.79 Å². The van der Waals surface area contributed by atoms with E-state index in [-0.39, 0.29) is 12.0 Å². The first-order chi connectivity index (χ1) is 6.29. The molecule has 3 nitrogen and oxygen atoms in total. The van der Waals surface area contributed by atoms with Gasteiger partial charge in [0.05, 0.1) is 19.3 Å². The number of ketones is 1. The second-order valence-electron chi connectivity index (χ2n) is 3.55. The first-order valence-electron chi connectivity index (χ1n) is 5.14. The highest BCUT2D eigenvalue weighted by Crippen LogP contribution is 2.13. The van der Waals surface area contributed by atoms with Crippen LogP contribution < -0.4 is 5.32 Å². The molecule has 0 aromatic rings. The number of Topliss-reactive ketones (excluding diaryl/α,β-unsaturated/α-hetero) is 1. The van der Waals surface area contributed by atoms with Crippen LogP contribution in [0.4, 0.5) is 0 Å². The summed E-state index contributed by atoms with van der Waals surface area (Å²) in [7, 11) is 0. The van der Waals surface area contributed by atoms with Gasteiger partial charge < -0.3 is 10.1 Å². The molecule has 0 aromatic carbocycles. The molecule has 1 fully saturated rings. The van der Waals surface area contributed by atoms with E-state index in [1.807, 2.05) is 6.92 Å². The van der Waals surface area contributed by atoms with Gasteiger partial charge in [-0.05, 0) is 19.4 Å². The van der Waals surface area contributed by atoms with E-state index >= 15 is 0 Å². The Hall–Kier alpha value is -0.410. The van der Waals surface area contributed by atoms with Gasteiger partial charge in [-0.25, -0.2) is 0 Å². The average molecular weight is 185 g/mol. The molecule has 0 aliphatic carbocycles. The smallest absolute Gasteiger partial charge is 0.157 e. The van der Waals surface area contributed by atoms with Gasteiger partial charge >= 0.3 is 0 Å². The summed E-state index contributed by atoms with van der Waals surface area (Å²) in [4.78, 5) is 11.7. The van der Waals surface area contributed by atoms with Gasteiger partial charge in [0.15, 0.2) is 5.78 Å². The fraction of sp³-hybridized carbons (Fsp3) is 0.900. The Morgan fingerprint density at radius 2 is 2.23 bits per heavy atom. The predicted molar refractivity (Wildman–Crippen MR) is 51.7 cm³/mol. The third-order valence-electron chi connectivity index (χ3n) is 2.48. The molecule has 0 spiro atoms. The Bertz CT molecular complexity index is 170. The molecule has 2 atom stereocenters. The normalized spacial score (nSPS) is 29.2. The third kappa shape index (κ3) is 2.78. The molecule has 1 aliphatic heterocycles. The van der Waals surface area contributed by atoms with Gasteiger partial charge in [0, 0.05) is 5.92 Å². The van der Waals surface area contributed by atoms with Gasteiger partial charge in [-0.1, -0.05) is 13.8 Å². The maximum Gasteiger partial charge on any atom is 0.157 e. The molecule has 0 saturated carbocycles. The number of carbonyl (C=O) groups is 1. The molecule has 2 unspecified atom stereocenters. The monoisotopic (exact) mass is 185 g/mol. The van der Waals surface area contributed by atoms with Crippen molar-refractivity contribution in [1.29, 1.82) is 0 Å². The van der Waals surface area contributed by atoms with Gasteiger partial charge in [0.25, 0.3) is 0 Å². The zero-order chi connectivity index (χ0) is 9.68.